The number of anilines is 2. The molecule has 3 nitrogen and oxygen atoms in total. The van der Waals surface area contributed by atoms with Crippen LogP contribution < -0.4 is 15.7 Å². The van der Waals surface area contributed by atoms with Gasteiger partial charge < -0.3 is 4.81 Å². The van der Waals surface area contributed by atoms with Crippen LogP contribution in [-0.2, 0) is 0 Å². The molecule has 0 saturated heterocycles. The SMILES string of the molecule is C.[2H]c1cc2ccccc2c2c1B(c1ccccc1)N(c1nc(-c3ccccc3)c3ccccc3n1)c1c-2c2ccccc2c2c1sc1ccccc12. The third-order valence-corrected chi connectivity index (χ3v) is 11.6. The molecule has 0 bridgehead atoms. The molecular formula is C47H32BN3S. The maximum atomic E-state index is 9.81. The number of hydrogen-bond acceptors (Lipinski definition) is 4. The van der Waals surface area contributed by atoms with Crippen LogP contribution in [-0.4, -0.2) is 16.8 Å². The maximum Gasteiger partial charge on any atom is 0.332 e. The number of fused-ring (bicyclic) bond motifs is 13. The molecule has 1 aliphatic heterocycles. The molecule has 10 aromatic rings. The van der Waals surface area contributed by atoms with E-state index in [4.69, 9.17) is 9.97 Å². The molecule has 0 N–H and O–H groups in total. The van der Waals surface area contributed by atoms with E-state index in [1.165, 1.54) is 25.6 Å². The third kappa shape index (κ3) is 4.39. The van der Waals surface area contributed by atoms with E-state index in [0.717, 1.165) is 66.1 Å². The van der Waals surface area contributed by atoms with Crippen LogP contribution >= 0.6 is 11.3 Å². The number of nitrogens with zero attached hydrogens (tertiary/aromatic N) is 3. The second kappa shape index (κ2) is 11.9. The van der Waals surface area contributed by atoms with E-state index in [2.05, 4.69) is 150 Å². The van der Waals surface area contributed by atoms with Crippen molar-refractivity contribution in [2.45, 2.75) is 7.43 Å². The van der Waals surface area contributed by atoms with Crippen LogP contribution in [0.1, 0.15) is 8.80 Å². The van der Waals surface area contributed by atoms with Gasteiger partial charge in [0.15, 0.2) is 0 Å². The monoisotopic (exact) mass is 682 g/mol. The summed E-state index contributed by atoms with van der Waals surface area (Å²) in [6.45, 7) is -0.375. The number of aromatic nitrogens is 2. The Balaban J connectivity index is 0.00000349. The van der Waals surface area contributed by atoms with Gasteiger partial charge in [-0.3, -0.25) is 0 Å². The van der Waals surface area contributed by atoms with E-state index in [1.54, 1.807) is 0 Å². The van der Waals surface area contributed by atoms with Crippen molar-refractivity contribution in [2.75, 3.05) is 4.81 Å². The molecule has 0 radical (unpaired) electrons. The lowest BCUT2D eigenvalue weighted by Gasteiger charge is -2.39. The van der Waals surface area contributed by atoms with Gasteiger partial charge in [-0.1, -0.05) is 171 Å². The van der Waals surface area contributed by atoms with Gasteiger partial charge in [-0.25, -0.2) is 9.97 Å². The van der Waals surface area contributed by atoms with Crippen LogP contribution in [0.25, 0.3) is 75.0 Å². The largest absolute Gasteiger partial charge is 0.344 e. The number of para-hydroxylation sites is 1. The summed E-state index contributed by atoms with van der Waals surface area (Å²) < 4.78 is 12.2. The quantitative estimate of drug-likeness (QED) is 0.174. The molecule has 11 rings (SSSR count). The maximum absolute atomic E-state index is 9.81. The van der Waals surface area contributed by atoms with Crippen molar-refractivity contribution in [3.8, 4) is 22.4 Å². The molecule has 0 fully saturated rings. The Kier molecular flexibility index (Phi) is 6.74. The molecule has 0 unspecified atom stereocenters. The summed E-state index contributed by atoms with van der Waals surface area (Å²) in [5.41, 5.74) is 8.17. The van der Waals surface area contributed by atoms with Crippen LogP contribution in [0, 0.1) is 0 Å². The number of rotatable bonds is 3. The first-order valence-corrected chi connectivity index (χ1v) is 18.1. The third-order valence-electron chi connectivity index (χ3n) is 10.4. The summed E-state index contributed by atoms with van der Waals surface area (Å²) in [7, 11) is 0. The van der Waals surface area contributed by atoms with Gasteiger partial charge in [-0.2, -0.15) is 0 Å². The van der Waals surface area contributed by atoms with Crippen LogP contribution in [0.5, 0.6) is 0 Å². The summed E-state index contributed by atoms with van der Waals surface area (Å²) in [4.78, 5) is 13.3. The molecule has 5 heteroatoms. The Morgan fingerprint density at radius 3 is 2.00 bits per heavy atom. The van der Waals surface area contributed by atoms with E-state index < -0.39 is 0 Å². The summed E-state index contributed by atoms with van der Waals surface area (Å²) in [5.74, 6) is 0.611. The fourth-order valence-corrected chi connectivity index (χ4v) is 9.51. The van der Waals surface area contributed by atoms with Gasteiger partial charge in [-0.15, -0.1) is 11.3 Å². The number of hydrogen-bond donors (Lipinski definition) is 0. The second-order valence-electron chi connectivity index (χ2n) is 13.2. The van der Waals surface area contributed by atoms with Crippen molar-refractivity contribution >= 4 is 93.4 Å². The first kappa shape index (κ1) is 29.4. The molecule has 0 atom stereocenters. The van der Waals surface area contributed by atoms with E-state index in [-0.39, 0.29) is 14.3 Å². The molecule has 1 aliphatic rings. The van der Waals surface area contributed by atoms with Crippen molar-refractivity contribution in [3.05, 3.63) is 170 Å². The highest BCUT2D eigenvalue weighted by molar-refractivity contribution is 7.26. The molecule has 3 heterocycles. The second-order valence-corrected chi connectivity index (χ2v) is 14.2. The zero-order chi connectivity index (χ0) is 34.3. The Labute approximate surface area is 308 Å². The molecule has 0 amide bonds. The van der Waals surface area contributed by atoms with Crippen LogP contribution in [0.4, 0.5) is 11.6 Å². The molecule has 0 spiro atoms. The van der Waals surface area contributed by atoms with Crippen molar-refractivity contribution in [2.24, 2.45) is 0 Å². The number of thiophene rings is 1. The highest BCUT2D eigenvalue weighted by Gasteiger charge is 2.42. The van der Waals surface area contributed by atoms with Gasteiger partial charge in [0, 0.05) is 32.0 Å². The van der Waals surface area contributed by atoms with Gasteiger partial charge in [-0.05, 0) is 44.7 Å². The molecule has 52 heavy (non-hydrogen) atoms. The first-order valence-electron chi connectivity index (χ1n) is 17.8. The predicted octanol–water partition coefficient (Wildman–Crippen LogP) is 11.5. The smallest absolute Gasteiger partial charge is 0.332 e. The lowest BCUT2D eigenvalue weighted by molar-refractivity contribution is 1.16. The fraction of sp³-hybridized carbons (Fsp3) is 0.0213. The Morgan fingerprint density at radius 2 is 1.19 bits per heavy atom. The number of benzene rings is 8. The summed E-state index contributed by atoms with van der Waals surface area (Å²) in [6.07, 6.45) is 0. The highest BCUT2D eigenvalue weighted by atomic mass is 32.1. The summed E-state index contributed by atoms with van der Waals surface area (Å²) in [5, 5.41) is 8.06. The molecule has 0 saturated carbocycles. The zero-order valence-corrected chi connectivity index (χ0v) is 28.2. The zero-order valence-electron chi connectivity index (χ0n) is 28.4. The minimum Gasteiger partial charge on any atom is -0.344 e. The minimum absolute atomic E-state index is 0. The van der Waals surface area contributed by atoms with E-state index in [1.807, 2.05) is 29.5 Å². The molecule has 0 aliphatic carbocycles. The lowest BCUT2D eigenvalue weighted by atomic mass is 9.45. The topological polar surface area (TPSA) is 29.0 Å². The minimum atomic E-state index is -0.375. The van der Waals surface area contributed by atoms with E-state index in [0.29, 0.717) is 12.0 Å². The van der Waals surface area contributed by atoms with Crippen molar-refractivity contribution < 1.29 is 1.37 Å². The molecule has 2 aromatic heterocycles. The van der Waals surface area contributed by atoms with Crippen LogP contribution in [0.15, 0.2) is 170 Å². The van der Waals surface area contributed by atoms with E-state index in [9.17, 15) is 1.37 Å². The van der Waals surface area contributed by atoms with Crippen molar-refractivity contribution in [3.63, 3.8) is 0 Å². The normalized spacial score (nSPS) is 12.7. The average Bonchev–Trinajstić information content (AvgIpc) is 3.60. The summed E-state index contributed by atoms with van der Waals surface area (Å²) >= 11 is 1.83. The van der Waals surface area contributed by atoms with Gasteiger partial charge in [0.2, 0.25) is 5.95 Å². The molecule has 8 aromatic carbocycles. The van der Waals surface area contributed by atoms with Crippen LogP contribution in [0.3, 0.4) is 0 Å². The standard InChI is InChI=1S/C46H28BN3S.CH4/c1-3-16-30(17-4-1)43-35-23-11-13-25-38(35)48-46(49-43)50-44-42(34-22-10-9-21-33(34)40-36-24-12-14-26-39(36)51-45(40)44)41-32-20-8-7-15-29(32)27-28-37(41)47(50)31-18-5-2-6-19-31;/h1-28H;1H4/i28D;. The molecular weight excluding hydrogens is 649 g/mol. The highest BCUT2D eigenvalue weighted by Crippen LogP contribution is 2.54. The lowest BCUT2D eigenvalue weighted by Crippen LogP contribution is -2.58. The molecule has 244 valence electrons. The van der Waals surface area contributed by atoms with Gasteiger partial charge >= 0.3 is 6.85 Å². The average molecular weight is 683 g/mol. The van der Waals surface area contributed by atoms with Crippen molar-refractivity contribution in [1.29, 1.82) is 0 Å². The van der Waals surface area contributed by atoms with Gasteiger partial charge in [0.05, 0.1) is 23.0 Å². The Hall–Kier alpha value is -6.30. The predicted molar refractivity (Wildman–Crippen MR) is 225 cm³/mol. The first-order chi connectivity index (χ1) is 25.7. The van der Waals surface area contributed by atoms with Gasteiger partial charge in [0.1, 0.15) is 0 Å². The Morgan fingerprint density at radius 1 is 0.558 bits per heavy atom. The van der Waals surface area contributed by atoms with E-state index >= 15 is 0 Å². The van der Waals surface area contributed by atoms with Gasteiger partial charge in [0.25, 0.3) is 0 Å². The van der Waals surface area contributed by atoms with Crippen molar-refractivity contribution in [1.82, 2.24) is 9.97 Å². The van der Waals surface area contributed by atoms with Crippen LogP contribution in [0.2, 0.25) is 0 Å². The fourth-order valence-electron chi connectivity index (χ4n) is 8.24. The summed E-state index contributed by atoms with van der Waals surface area (Å²) in [6, 6.07) is 58.0. The Bertz CT molecular complexity index is 3050.